The van der Waals surface area contributed by atoms with Crippen LogP contribution in [0.1, 0.15) is 17.0 Å². The molecule has 4 rings (SSSR count). The first-order valence-corrected chi connectivity index (χ1v) is 9.53. The second-order valence-electron chi connectivity index (χ2n) is 6.56. The molecule has 0 saturated carbocycles. The van der Waals surface area contributed by atoms with Gasteiger partial charge >= 0.3 is 0 Å². The molecule has 0 aliphatic carbocycles. The number of benzene rings is 3. The first-order valence-electron chi connectivity index (χ1n) is 8.77. The van der Waals surface area contributed by atoms with Crippen LogP contribution in [0.4, 0.5) is 0 Å². The van der Waals surface area contributed by atoms with Crippen LogP contribution in [0.5, 0.6) is 0 Å². The van der Waals surface area contributed by atoms with Gasteiger partial charge in [-0.15, -0.1) is 0 Å². The fraction of sp³-hybridized carbons (Fsp3) is 0.0909. The molecule has 0 spiro atoms. The van der Waals surface area contributed by atoms with E-state index in [1.165, 1.54) is 0 Å². The summed E-state index contributed by atoms with van der Waals surface area (Å²) in [5.41, 5.74) is 4.30. The highest BCUT2D eigenvalue weighted by Crippen LogP contribution is 2.41. The summed E-state index contributed by atoms with van der Waals surface area (Å²) in [5, 5.41) is 13.4. The van der Waals surface area contributed by atoms with Crippen LogP contribution in [0.3, 0.4) is 0 Å². The van der Waals surface area contributed by atoms with Crippen LogP contribution in [0, 0.1) is 10.1 Å². The molecule has 4 nitrogen and oxygen atoms in total. The highest BCUT2D eigenvalue weighted by molar-refractivity contribution is 6.35. The third-order valence-electron chi connectivity index (χ3n) is 4.83. The molecule has 28 heavy (non-hydrogen) atoms. The number of rotatable bonds is 5. The highest BCUT2D eigenvalue weighted by atomic mass is 35.5. The molecule has 1 unspecified atom stereocenters. The Morgan fingerprint density at radius 2 is 1.68 bits per heavy atom. The van der Waals surface area contributed by atoms with E-state index < -0.39 is 5.92 Å². The van der Waals surface area contributed by atoms with Crippen molar-refractivity contribution in [3.63, 3.8) is 0 Å². The van der Waals surface area contributed by atoms with Gasteiger partial charge in [-0.3, -0.25) is 10.1 Å². The van der Waals surface area contributed by atoms with Crippen molar-refractivity contribution in [2.24, 2.45) is 0 Å². The van der Waals surface area contributed by atoms with Crippen LogP contribution >= 0.6 is 23.2 Å². The Kier molecular flexibility index (Phi) is 5.07. The van der Waals surface area contributed by atoms with Crippen LogP contribution in [-0.4, -0.2) is 16.5 Å². The number of nitro groups is 1. The molecule has 0 amide bonds. The predicted molar refractivity (Wildman–Crippen MR) is 114 cm³/mol. The van der Waals surface area contributed by atoms with Crippen molar-refractivity contribution in [1.29, 1.82) is 0 Å². The quantitative estimate of drug-likeness (QED) is 0.299. The molecule has 4 aromatic rings. The van der Waals surface area contributed by atoms with Crippen LogP contribution in [0.15, 0.2) is 72.8 Å². The SMILES string of the molecule is O=[N+]([O-])CC(c1ccc(Cl)cc1Cl)c1c(-c2ccccc2)[nH]c2ccccc12. The number of aromatic amines is 1. The van der Waals surface area contributed by atoms with Crippen molar-refractivity contribution in [2.75, 3.05) is 6.54 Å². The Hall–Kier alpha value is -2.82. The lowest BCUT2D eigenvalue weighted by molar-refractivity contribution is -0.481. The summed E-state index contributed by atoms with van der Waals surface area (Å²) in [4.78, 5) is 14.7. The monoisotopic (exact) mass is 410 g/mol. The van der Waals surface area contributed by atoms with E-state index in [1.807, 2.05) is 54.6 Å². The molecule has 0 fully saturated rings. The molecular weight excluding hydrogens is 395 g/mol. The van der Waals surface area contributed by atoms with E-state index in [-0.39, 0.29) is 11.5 Å². The zero-order valence-electron chi connectivity index (χ0n) is 14.7. The molecule has 1 heterocycles. The van der Waals surface area contributed by atoms with Crippen molar-refractivity contribution >= 4 is 34.1 Å². The summed E-state index contributed by atoms with van der Waals surface area (Å²) in [6.45, 7) is -0.275. The maximum absolute atomic E-state index is 11.6. The van der Waals surface area contributed by atoms with Gasteiger partial charge in [0.1, 0.15) is 0 Å². The third-order valence-corrected chi connectivity index (χ3v) is 5.39. The van der Waals surface area contributed by atoms with Gasteiger partial charge in [-0.25, -0.2) is 0 Å². The Bertz CT molecular complexity index is 1160. The maximum Gasteiger partial charge on any atom is 0.214 e. The minimum atomic E-state index is -0.522. The van der Waals surface area contributed by atoms with Crippen molar-refractivity contribution in [3.8, 4) is 11.3 Å². The number of fused-ring (bicyclic) bond motifs is 1. The van der Waals surface area contributed by atoms with E-state index >= 15 is 0 Å². The van der Waals surface area contributed by atoms with E-state index in [1.54, 1.807) is 18.2 Å². The van der Waals surface area contributed by atoms with Gasteiger partial charge in [0.15, 0.2) is 0 Å². The molecule has 0 aliphatic heterocycles. The number of nitrogens with one attached hydrogen (secondary N) is 1. The van der Waals surface area contributed by atoms with Gasteiger partial charge in [0.05, 0.1) is 11.6 Å². The smallest absolute Gasteiger partial charge is 0.214 e. The number of aromatic nitrogens is 1. The first-order chi connectivity index (χ1) is 13.5. The molecule has 3 aromatic carbocycles. The van der Waals surface area contributed by atoms with Crippen molar-refractivity contribution in [2.45, 2.75) is 5.92 Å². The minimum absolute atomic E-state index is 0.275. The van der Waals surface area contributed by atoms with Gasteiger partial charge in [0, 0.05) is 25.9 Å². The number of halogens is 2. The molecule has 0 radical (unpaired) electrons. The largest absolute Gasteiger partial charge is 0.354 e. The van der Waals surface area contributed by atoms with Crippen LogP contribution in [0.25, 0.3) is 22.2 Å². The summed E-state index contributed by atoms with van der Waals surface area (Å²) < 4.78 is 0. The Labute approximate surface area is 171 Å². The topological polar surface area (TPSA) is 58.9 Å². The van der Waals surface area contributed by atoms with E-state index in [0.717, 1.165) is 27.7 Å². The zero-order valence-corrected chi connectivity index (χ0v) is 16.2. The van der Waals surface area contributed by atoms with Gasteiger partial charge in [-0.05, 0) is 34.9 Å². The lowest BCUT2D eigenvalue weighted by Gasteiger charge is -2.17. The summed E-state index contributed by atoms with van der Waals surface area (Å²) in [6.07, 6.45) is 0. The molecule has 1 N–H and O–H groups in total. The maximum atomic E-state index is 11.6. The van der Waals surface area contributed by atoms with E-state index in [0.29, 0.717) is 15.6 Å². The number of nitrogens with zero attached hydrogens (tertiary/aromatic N) is 1. The second-order valence-corrected chi connectivity index (χ2v) is 7.40. The molecule has 1 aromatic heterocycles. The van der Waals surface area contributed by atoms with Gasteiger partial charge in [-0.1, -0.05) is 77.8 Å². The Balaban J connectivity index is 2.01. The van der Waals surface area contributed by atoms with Crippen LogP contribution < -0.4 is 0 Å². The fourth-order valence-electron chi connectivity index (χ4n) is 3.64. The number of hydrogen-bond donors (Lipinski definition) is 1. The molecule has 0 aliphatic rings. The van der Waals surface area contributed by atoms with E-state index in [4.69, 9.17) is 23.2 Å². The van der Waals surface area contributed by atoms with E-state index in [2.05, 4.69) is 4.98 Å². The minimum Gasteiger partial charge on any atom is -0.354 e. The number of para-hydroxylation sites is 1. The molecule has 0 saturated heterocycles. The van der Waals surface area contributed by atoms with Gasteiger partial charge in [0.2, 0.25) is 6.54 Å². The fourth-order valence-corrected chi connectivity index (χ4v) is 4.18. The summed E-state index contributed by atoms with van der Waals surface area (Å²) in [5.74, 6) is -0.522. The Morgan fingerprint density at radius 1 is 0.964 bits per heavy atom. The zero-order chi connectivity index (χ0) is 19.7. The third kappa shape index (κ3) is 3.49. The summed E-state index contributed by atoms with van der Waals surface area (Å²) >= 11 is 12.5. The van der Waals surface area contributed by atoms with Crippen LogP contribution in [0.2, 0.25) is 10.0 Å². The summed E-state index contributed by atoms with van der Waals surface area (Å²) in [7, 11) is 0. The van der Waals surface area contributed by atoms with Crippen LogP contribution in [-0.2, 0) is 0 Å². The normalized spacial score (nSPS) is 12.2. The standard InChI is InChI=1S/C22H16Cl2N2O2/c23-15-10-11-16(19(24)12-15)18(13-26(27)28)21-17-8-4-5-9-20(17)25-22(21)14-6-2-1-3-7-14/h1-12,18,25H,13H2. The lowest BCUT2D eigenvalue weighted by Crippen LogP contribution is -2.15. The average molecular weight is 411 g/mol. The second kappa shape index (κ2) is 7.66. The van der Waals surface area contributed by atoms with Gasteiger partial charge in [0.25, 0.3) is 0 Å². The summed E-state index contributed by atoms with van der Waals surface area (Å²) in [6, 6.07) is 22.7. The highest BCUT2D eigenvalue weighted by Gasteiger charge is 2.29. The van der Waals surface area contributed by atoms with Gasteiger partial charge < -0.3 is 4.98 Å². The number of H-pyrrole nitrogens is 1. The predicted octanol–water partition coefficient (Wildman–Crippen LogP) is 6.55. The van der Waals surface area contributed by atoms with Crippen molar-refractivity contribution in [3.05, 3.63) is 104 Å². The Morgan fingerprint density at radius 3 is 2.39 bits per heavy atom. The van der Waals surface area contributed by atoms with E-state index in [9.17, 15) is 10.1 Å². The molecule has 0 bridgehead atoms. The number of hydrogen-bond acceptors (Lipinski definition) is 2. The molecular formula is C22H16Cl2N2O2. The molecule has 140 valence electrons. The average Bonchev–Trinajstić information content (AvgIpc) is 3.06. The lowest BCUT2D eigenvalue weighted by atomic mass is 9.87. The molecule has 6 heteroatoms. The molecule has 1 atom stereocenters. The van der Waals surface area contributed by atoms with Crippen molar-refractivity contribution < 1.29 is 4.92 Å². The van der Waals surface area contributed by atoms with Crippen molar-refractivity contribution in [1.82, 2.24) is 4.98 Å². The van der Waals surface area contributed by atoms with Gasteiger partial charge in [-0.2, -0.15) is 0 Å². The first kappa shape index (κ1) is 18.5.